The van der Waals surface area contributed by atoms with Crippen LogP contribution in [0.3, 0.4) is 0 Å². The highest BCUT2D eigenvalue weighted by atomic mass is 16.5. The van der Waals surface area contributed by atoms with E-state index in [0.717, 1.165) is 43.1 Å². The van der Waals surface area contributed by atoms with Crippen molar-refractivity contribution >= 4 is 5.78 Å². The van der Waals surface area contributed by atoms with Crippen LogP contribution in [0.1, 0.15) is 71.1 Å². The Kier molecular flexibility index (Phi) is 3.18. The minimum absolute atomic E-state index is 0.0484. The van der Waals surface area contributed by atoms with Crippen molar-refractivity contribution in [3.8, 4) is 0 Å². The van der Waals surface area contributed by atoms with Gasteiger partial charge in [0.25, 0.3) is 0 Å². The summed E-state index contributed by atoms with van der Waals surface area (Å²) in [6.07, 6.45) is 19.4. The second-order valence-corrected chi connectivity index (χ2v) is 10.3. The van der Waals surface area contributed by atoms with Gasteiger partial charge < -0.3 is 4.74 Å². The molecule has 6 aliphatic rings. The van der Waals surface area contributed by atoms with Gasteiger partial charge in [0.1, 0.15) is 0 Å². The van der Waals surface area contributed by atoms with E-state index >= 15 is 0 Å². The van der Waals surface area contributed by atoms with Crippen LogP contribution in [0.15, 0.2) is 23.8 Å². The van der Waals surface area contributed by atoms with E-state index in [1.165, 1.54) is 51.4 Å². The molecule has 0 bridgehead atoms. The third kappa shape index (κ3) is 1.81. The number of carbonyl (C=O) groups excluding carboxylic acids is 1. The molecule has 0 amide bonds. The van der Waals surface area contributed by atoms with Gasteiger partial charge in [-0.05, 0) is 93.0 Å². The molecule has 1 heterocycles. The highest BCUT2D eigenvalue weighted by molar-refractivity contribution is 5.91. The van der Waals surface area contributed by atoms with Crippen LogP contribution in [0.5, 0.6) is 0 Å². The molecule has 0 radical (unpaired) electrons. The van der Waals surface area contributed by atoms with Gasteiger partial charge in [0.2, 0.25) is 0 Å². The molecule has 1 aliphatic heterocycles. The normalized spacial score (nSPS) is 50.5. The van der Waals surface area contributed by atoms with E-state index in [0.29, 0.717) is 16.6 Å². The summed E-state index contributed by atoms with van der Waals surface area (Å²) in [4.78, 5) is 12.1. The largest absolute Gasteiger partial charge is 0.366 e. The first-order chi connectivity index (χ1) is 12.6. The topological polar surface area (TPSA) is 26.3 Å². The van der Waals surface area contributed by atoms with Crippen LogP contribution >= 0.6 is 0 Å². The Balaban J connectivity index is 1.41. The average Bonchev–Trinajstić information content (AvgIpc) is 3.13. The van der Waals surface area contributed by atoms with Crippen LogP contribution in [-0.2, 0) is 9.53 Å². The Hall–Kier alpha value is -0.890. The highest BCUT2D eigenvalue weighted by Gasteiger charge is 2.67. The van der Waals surface area contributed by atoms with Gasteiger partial charge >= 0.3 is 0 Å². The summed E-state index contributed by atoms with van der Waals surface area (Å²) in [5.41, 5.74) is 2.46. The summed E-state index contributed by atoms with van der Waals surface area (Å²) in [5.74, 6) is 3.68. The average molecular weight is 353 g/mol. The molecule has 0 aromatic carbocycles. The van der Waals surface area contributed by atoms with E-state index in [2.05, 4.69) is 25.2 Å². The predicted octanol–water partition coefficient (Wildman–Crippen LogP) is 5.23. The van der Waals surface area contributed by atoms with Gasteiger partial charge in [0.15, 0.2) is 5.78 Å². The first kappa shape index (κ1) is 16.1. The van der Waals surface area contributed by atoms with Crippen LogP contribution in [0.4, 0.5) is 0 Å². The first-order valence-corrected chi connectivity index (χ1v) is 11.2. The van der Waals surface area contributed by atoms with Crippen LogP contribution in [-0.4, -0.2) is 18.0 Å². The second kappa shape index (κ2) is 5.13. The number of allylic oxidation sites excluding steroid dienone is 1. The van der Waals surface area contributed by atoms with Gasteiger partial charge in [-0.1, -0.05) is 24.6 Å². The predicted molar refractivity (Wildman–Crippen MR) is 102 cm³/mol. The Morgan fingerprint density at radius 1 is 1.12 bits per heavy atom. The second-order valence-electron chi connectivity index (χ2n) is 10.3. The molecule has 6 atom stereocenters. The van der Waals surface area contributed by atoms with E-state index in [1.54, 1.807) is 5.57 Å². The van der Waals surface area contributed by atoms with Crippen molar-refractivity contribution in [2.45, 2.75) is 76.7 Å². The zero-order chi connectivity index (χ0) is 17.6. The molecule has 4 saturated carbocycles. The van der Waals surface area contributed by atoms with Crippen LogP contribution < -0.4 is 0 Å². The van der Waals surface area contributed by atoms with Crippen molar-refractivity contribution in [1.82, 2.24) is 0 Å². The summed E-state index contributed by atoms with van der Waals surface area (Å²) < 4.78 is 6.47. The summed E-state index contributed by atoms with van der Waals surface area (Å²) in [5, 5.41) is 0. The standard InChI is InChI=1S/C24H32O2/c1-2-23-9-6-17-18-5-4-16(25)14-21(18)22(11-12-22)15-19(17)20(23)7-10-24(23)8-3-13-26-24/h3,8,14,17-20H,2,4-7,9-13,15H2,1H3. The van der Waals surface area contributed by atoms with Crippen LogP contribution in [0.2, 0.25) is 0 Å². The SMILES string of the molecule is CCC12CCC3C4CCC(=O)C=C4C4(CC4)CC3C1CCC21C=CCO1. The van der Waals surface area contributed by atoms with Gasteiger partial charge in [0, 0.05) is 11.8 Å². The molecule has 26 heavy (non-hydrogen) atoms. The lowest BCUT2D eigenvalue weighted by molar-refractivity contribution is -0.128. The molecular formula is C24H32O2. The summed E-state index contributed by atoms with van der Waals surface area (Å²) >= 11 is 0. The fourth-order valence-corrected chi connectivity index (χ4v) is 8.66. The zero-order valence-corrected chi connectivity index (χ0v) is 16.1. The van der Waals surface area contributed by atoms with E-state index in [9.17, 15) is 4.79 Å². The molecule has 0 aromatic rings. The van der Waals surface area contributed by atoms with Crippen molar-refractivity contribution in [3.63, 3.8) is 0 Å². The number of hydrogen-bond acceptors (Lipinski definition) is 2. The molecular weight excluding hydrogens is 320 g/mol. The fourth-order valence-electron chi connectivity index (χ4n) is 8.66. The Bertz CT molecular complexity index is 714. The lowest BCUT2D eigenvalue weighted by Crippen LogP contribution is -2.54. The van der Waals surface area contributed by atoms with E-state index in [1.807, 2.05) is 0 Å². The summed E-state index contributed by atoms with van der Waals surface area (Å²) in [6, 6.07) is 0. The summed E-state index contributed by atoms with van der Waals surface area (Å²) in [6.45, 7) is 3.25. The number of ketones is 1. The van der Waals surface area contributed by atoms with Crippen LogP contribution in [0, 0.1) is 34.5 Å². The third-order valence-corrected chi connectivity index (χ3v) is 9.85. The molecule has 6 unspecified atom stereocenters. The quantitative estimate of drug-likeness (QED) is 0.604. The fraction of sp³-hybridized carbons (Fsp3) is 0.792. The molecule has 5 aliphatic carbocycles. The molecule has 6 rings (SSSR count). The minimum atomic E-state index is 0.0484. The number of hydrogen-bond donors (Lipinski definition) is 0. The van der Waals surface area contributed by atoms with E-state index < -0.39 is 0 Å². The lowest BCUT2D eigenvalue weighted by atomic mass is 9.47. The smallest absolute Gasteiger partial charge is 0.155 e. The number of rotatable bonds is 1. The monoisotopic (exact) mass is 352 g/mol. The van der Waals surface area contributed by atoms with Crippen molar-refractivity contribution in [2.24, 2.45) is 34.5 Å². The highest BCUT2D eigenvalue weighted by Crippen LogP contribution is 2.73. The first-order valence-electron chi connectivity index (χ1n) is 11.2. The molecule has 140 valence electrons. The molecule has 2 nitrogen and oxygen atoms in total. The Labute approximate surface area is 157 Å². The molecule has 0 aromatic heterocycles. The van der Waals surface area contributed by atoms with Crippen molar-refractivity contribution in [3.05, 3.63) is 23.8 Å². The van der Waals surface area contributed by atoms with Crippen molar-refractivity contribution < 1.29 is 9.53 Å². The molecule has 0 N–H and O–H groups in total. The Morgan fingerprint density at radius 2 is 2.00 bits per heavy atom. The zero-order valence-electron chi connectivity index (χ0n) is 16.1. The van der Waals surface area contributed by atoms with Crippen molar-refractivity contribution in [2.75, 3.05) is 6.61 Å². The molecule has 0 saturated heterocycles. The van der Waals surface area contributed by atoms with E-state index in [4.69, 9.17) is 4.74 Å². The Morgan fingerprint density at radius 3 is 2.73 bits per heavy atom. The maximum absolute atomic E-state index is 12.1. The van der Waals surface area contributed by atoms with E-state index in [-0.39, 0.29) is 5.60 Å². The lowest BCUT2D eigenvalue weighted by Gasteiger charge is -2.58. The minimum Gasteiger partial charge on any atom is -0.366 e. The molecule has 2 spiro atoms. The maximum atomic E-state index is 12.1. The van der Waals surface area contributed by atoms with Gasteiger partial charge in [0.05, 0.1) is 12.2 Å². The van der Waals surface area contributed by atoms with Gasteiger partial charge in [-0.2, -0.15) is 0 Å². The number of ether oxygens (including phenoxy) is 1. The maximum Gasteiger partial charge on any atom is 0.155 e. The number of carbonyl (C=O) groups is 1. The third-order valence-electron chi connectivity index (χ3n) is 9.85. The van der Waals surface area contributed by atoms with Gasteiger partial charge in [-0.25, -0.2) is 0 Å². The number of fused-ring (bicyclic) bond motifs is 7. The van der Waals surface area contributed by atoms with Crippen LogP contribution in [0.25, 0.3) is 0 Å². The summed E-state index contributed by atoms with van der Waals surface area (Å²) in [7, 11) is 0. The van der Waals surface area contributed by atoms with Gasteiger partial charge in [-0.15, -0.1) is 0 Å². The van der Waals surface area contributed by atoms with Gasteiger partial charge in [-0.3, -0.25) is 4.79 Å². The molecule has 4 fully saturated rings. The van der Waals surface area contributed by atoms with Crippen molar-refractivity contribution in [1.29, 1.82) is 0 Å². The molecule has 2 heteroatoms.